The molecule has 124 valence electrons. The Hall–Kier alpha value is -2.21. The van der Waals surface area contributed by atoms with E-state index in [2.05, 4.69) is 38.6 Å². The number of tetrazole rings is 1. The number of hydrogen-bond donors (Lipinski definition) is 1. The van der Waals surface area contributed by atoms with Crippen molar-refractivity contribution in [1.82, 2.24) is 25.2 Å². The van der Waals surface area contributed by atoms with Gasteiger partial charge < -0.3 is 9.72 Å². The molecule has 1 N–H and O–H groups in total. The van der Waals surface area contributed by atoms with E-state index < -0.39 is 0 Å². The van der Waals surface area contributed by atoms with Gasteiger partial charge in [-0.3, -0.25) is 0 Å². The minimum atomic E-state index is 0.251. The van der Waals surface area contributed by atoms with Gasteiger partial charge in [-0.2, -0.15) is 4.80 Å². The summed E-state index contributed by atoms with van der Waals surface area (Å²) < 4.78 is 5.95. The number of para-hydroxylation sites is 1. The molecule has 1 saturated heterocycles. The highest BCUT2D eigenvalue weighted by Crippen LogP contribution is 2.51. The smallest absolute Gasteiger partial charge is 0.179 e. The highest BCUT2D eigenvalue weighted by atomic mass is 16.5. The average molecular weight is 323 g/mol. The van der Waals surface area contributed by atoms with E-state index in [1.165, 1.54) is 36.6 Å². The van der Waals surface area contributed by atoms with Crippen LogP contribution in [0.3, 0.4) is 0 Å². The van der Waals surface area contributed by atoms with Crippen LogP contribution in [0.15, 0.2) is 30.5 Å². The maximum atomic E-state index is 5.95. The molecule has 1 atom stereocenters. The summed E-state index contributed by atoms with van der Waals surface area (Å²) >= 11 is 0. The normalized spacial score (nSPS) is 22.2. The number of aromatic amines is 1. The lowest BCUT2D eigenvalue weighted by molar-refractivity contribution is -0.0119. The van der Waals surface area contributed by atoms with Gasteiger partial charge in [0.25, 0.3) is 0 Å². The molecule has 1 aliphatic carbocycles. The van der Waals surface area contributed by atoms with Crippen LogP contribution in [-0.2, 0) is 17.7 Å². The Morgan fingerprint density at radius 1 is 1.25 bits per heavy atom. The number of fused-ring (bicyclic) bond motifs is 1. The predicted molar refractivity (Wildman–Crippen MR) is 89.6 cm³/mol. The molecule has 5 rings (SSSR count). The van der Waals surface area contributed by atoms with E-state index in [-0.39, 0.29) is 6.10 Å². The summed E-state index contributed by atoms with van der Waals surface area (Å²) in [5.41, 5.74) is 2.74. The van der Waals surface area contributed by atoms with Gasteiger partial charge in [-0.1, -0.05) is 24.6 Å². The first-order chi connectivity index (χ1) is 11.8. The Kier molecular flexibility index (Phi) is 3.19. The Morgan fingerprint density at radius 2 is 2.17 bits per heavy atom. The van der Waals surface area contributed by atoms with Crippen LogP contribution >= 0.6 is 0 Å². The summed E-state index contributed by atoms with van der Waals surface area (Å²) in [5.74, 6) is 0.764. The van der Waals surface area contributed by atoms with Gasteiger partial charge in [0.15, 0.2) is 5.82 Å². The van der Waals surface area contributed by atoms with Gasteiger partial charge in [-0.15, -0.1) is 10.2 Å². The van der Waals surface area contributed by atoms with Crippen molar-refractivity contribution in [3.63, 3.8) is 0 Å². The molecule has 0 amide bonds. The van der Waals surface area contributed by atoms with E-state index in [9.17, 15) is 0 Å². The van der Waals surface area contributed by atoms with Crippen LogP contribution in [0.1, 0.15) is 37.1 Å². The van der Waals surface area contributed by atoms with E-state index in [0.717, 1.165) is 24.5 Å². The fraction of sp³-hybridized carbons (Fsp3) is 0.500. The minimum absolute atomic E-state index is 0.251. The lowest BCUT2D eigenvalue weighted by atomic mass is 9.64. The van der Waals surface area contributed by atoms with Crippen molar-refractivity contribution >= 4 is 10.9 Å². The van der Waals surface area contributed by atoms with Crippen molar-refractivity contribution in [2.75, 3.05) is 6.61 Å². The molecule has 2 fully saturated rings. The SMILES string of the molecule is c1ccc2c(Cc3nnn(CC4OCCC45CCC5)n3)c[nH]c2c1. The topological polar surface area (TPSA) is 68.6 Å². The minimum Gasteiger partial charge on any atom is -0.376 e. The molecule has 2 aliphatic rings. The van der Waals surface area contributed by atoms with E-state index in [0.29, 0.717) is 11.8 Å². The molecule has 2 aromatic heterocycles. The van der Waals surface area contributed by atoms with Crippen LogP contribution in [0, 0.1) is 5.41 Å². The lowest BCUT2D eigenvalue weighted by Crippen LogP contribution is -2.40. The molecule has 1 aliphatic heterocycles. The number of nitrogens with zero attached hydrogens (tertiary/aromatic N) is 4. The van der Waals surface area contributed by atoms with E-state index >= 15 is 0 Å². The molecule has 3 heterocycles. The molecule has 6 nitrogen and oxygen atoms in total. The van der Waals surface area contributed by atoms with Crippen LogP contribution in [0.25, 0.3) is 10.9 Å². The quantitative estimate of drug-likeness (QED) is 0.801. The molecule has 0 bridgehead atoms. The van der Waals surface area contributed by atoms with Crippen LogP contribution in [-0.4, -0.2) is 37.9 Å². The van der Waals surface area contributed by atoms with Crippen molar-refractivity contribution in [2.24, 2.45) is 5.41 Å². The van der Waals surface area contributed by atoms with E-state index in [4.69, 9.17) is 4.74 Å². The highest BCUT2D eigenvalue weighted by Gasteiger charge is 2.48. The van der Waals surface area contributed by atoms with E-state index in [1.807, 2.05) is 12.3 Å². The van der Waals surface area contributed by atoms with Gasteiger partial charge >= 0.3 is 0 Å². The number of aromatic nitrogens is 5. The standard InChI is InChI=1S/C18H21N5O/c1-2-5-15-14(4-1)13(11-19-15)10-17-20-22-23(21-17)12-16-18(6-3-7-18)8-9-24-16/h1-2,4-5,11,16,19H,3,6-10,12H2. The molecule has 0 radical (unpaired) electrons. The third kappa shape index (κ3) is 2.24. The maximum Gasteiger partial charge on any atom is 0.179 e. The van der Waals surface area contributed by atoms with Gasteiger partial charge in [-0.05, 0) is 36.1 Å². The molecule has 3 aromatic rings. The zero-order valence-electron chi connectivity index (χ0n) is 13.6. The second-order valence-corrected chi connectivity index (χ2v) is 7.12. The second kappa shape index (κ2) is 5.41. The number of H-pyrrole nitrogens is 1. The van der Waals surface area contributed by atoms with Crippen LogP contribution in [0.5, 0.6) is 0 Å². The third-order valence-corrected chi connectivity index (χ3v) is 5.80. The first kappa shape index (κ1) is 14.2. The zero-order valence-corrected chi connectivity index (χ0v) is 13.6. The number of rotatable bonds is 4. The number of nitrogens with one attached hydrogen (secondary N) is 1. The van der Waals surface area contributed by atoms with Crippen molar-refractivity contribution in [1.29, 1.82) is 0 Å². The first-order valence-corrected chi connectivity index (χ1v) is 8.76. The summed E-state index contributed by atoms with van der Waals surface area (Å²) in [6.07, 6.45) is 8.07. The Bertz CT molecular complexity index is 863. The Labute approximate surface area is 140 Å². The monoisotopic (exact) mass is 323 g/mol. The van der Waals surface area contributed by atoms with Gasteiger partial charge in [0.2, 0.25) is 0 Å². The number of hydrogen-bond acceptors (Lipinski definition) is 4. The number of benzene rings is 1. The van der Waals surface area contributed by atoms with Gasteiger partial charge in [0.1, 0.15) is 0 Å². The first-order valence-electron chi connectivity index (χ1n) is 8.76. The molecule has 1 aromatic carbocycles. The summed E-state index contributed by atoms with van der Waals surface area (Å²) in [7, 11) is 0. The third-order valence-electron chi connectivity index (χ3n) is 5.80. The van der Waals surface area contributed by atoms with Crippen LogP contribution in [0.4, 0.5) is 0 Å². The van der Waals surface area contributed by atoms with E-state index in [1.54, 1.807) is 4.80 Å². The summed E-state index contributed by atoms with van der Waals surface area (Å²) in [6.45, 7) is 1.60. The largest absolute Gasteiger partial charge is 0.376 e. The lowest BCUT2D eigenvalue weighted by Gasteiger charge is -2.41. The molecular weight excluding hydrogens is 302 g/mol. The van der Waals surface area contributed by atoms with Gasteiger partial charge in [-0.25, -0.2) is 0 Å². The summed E-state index contributed by atoms with van der Waals surface area (Å²) in [5, 5.41) is 14.3. The fourth-order valence-electron chi connectivity index (χ4n) is 4.21. The molecule has 1 spiro atoms. The molecule has 1 unspecified atom stereocenters. The zero-order chi connectivity index (χ0) is 16.0. The van der Waals surface area contributed by atoms with Crippen molar-refractivity contribution in [2.45, 2.75) is 44.8 Å². The van der Waals surface area contributed by atoms with Crippen molar-refractivity contribution in [3.8, 4) is 0 Å². The maximum absolute atomic E-state index is 5.95. The predicted octanol–water partition coefficient (Wildman–Crippen LogP) is 2.70. The summed E-state index contributed by atoms with van der Waals surface area (Å²) in [6, 6.07) is 8.30. The average Bonchev–Trinajstić information content (AvgIpc) is 3.27. The molecule has 24 heavy (non-hydrogen) atoms. The van der Waals surface area contributed by atoms with Crippen molar-refractivity contribution < 1.29 is 4.74 Å². The highest BCUT2D eigenvalue weighted by molar-refractivity contribution is 5.83. The number of ether oxygens (including phenoxy) is 1. The van der Waals surface area contributed by atoms with Gasteiger partial charge in [0.05, 0.1) is 12.6 Å². The Balaban J connectivity index is 1.32. The van der Waals surface area contributed by atoms with Gasteiger partial charge in [0, 0.05) is 35.5 Å². The Morgan fingerprint density at radius 3 is 3.04 bits per heavy atom. The molecular formula is C18H21N5O. The molecule has 6 heteroatoms. The fourth-order valence-corrected chi connectivity index (χ4v) is 4.21. The second-order valence-electron chi connectivity index (χ2n) is 7.12. The molecule has 1 saturated carbocycles. The van der Waals surface area contributed by atoms with Crippen LogP contribution in [0.2, 0.25) is 0 Å². The van der Waals surface area contributed by atoms with Crippen molar-refractivity contribution in [3.05, 3.63) is 41.9 Å². The van der Waals surface area contributed by atoms with Crippen LogP contribution < -0.4 is 0 Å². The summed E-state index contributed by atoms with van der Waals surface area (Å²) in [4.78, 5) is 5.02.